The van der Waals surface area contributed by atoms with Gasteiger partial charge in [0, 0.05) is 22.6 Å². The Morgan fingerprint density at radius 3 is 2.62 bits per heavy atom. The molecule has 2 nitrogen and oxygen atoms in total. The quantitative estimate of drug-likeness (QED) is 0.824. The van der Waals surface area contributed by atoms with E-state index in [1.54, 1.807) is 0 Å². The van der Waals surface area contributed by atoms with Gasteiger partial charge in [0.25, 0.3) is 0 Å². The van der Waals surface area contributed by atoms with Crippen LogP contribution in [-0.2, 0) is 0 Å². The van der Waals surface area contributed by atoms with Gasteiger partial charge < -0.3 is 10.6 Å². The molecule has 0 bridgehead atoms. The Hall–Kier alpha value is 0.270. The highest BCUT2D eigenvalue weighted by Gasteiger charge is 2.23. The van der Waals surface area contributed by atoms with Crippen LogP contribution in [0.15, 0.2) is 0 Å². The van der Waals surface area contributed by atoms with Gasteiger partial charge in [-0.25, -0.2) is 0 Å². The molecule has 0 amide bonds. The van der Waals surface area contributed by atoms with E-state index < -0.39 is 0 Å². The zero-order chi connectivity index (χ0) is 12.2. The third-order valence-electron chi connectivity index (χ3n) is 3.23. The second-order valence-electron chi connectivity index (χ2n) is 6.29. The predicted octanol–water partition coefficient (Wildman–Crippen LogP) is 2.72. The molecule has 96 valence electrons. The van der Waals surface area contributed by atoms with Crippen molar-refractivity contribution < 1.29 is 0 Å². The number of hydrogen-bond acceptors (Lipinski definition) is 3. The lowest BCUT2D eigenvalue weighted by Gasteiger charge is -2.24. The average molecular weight is 244 g/mol. The average Bonchev–Trinajstić information content (AvgIpc) is 2.26. The van der Waals surface area contributed by atoms with Crippen LogP contribution in [-0.4, -0.2) is 40.6 Å². The minimum atomic E-state index is -0.000129. The monoisotopic (exact) mass is 244 g/mol. The Bertz CT molecular complexity index is 208. The number of nitrogens with zero attached hydrogens (tertiary/aromatic N) is 1. The zero-order valence-corrected chi connectivity index (χ0v) is 12.2. The van der Waals surface area contributed by atoms with Crippen LogP contribution in [0.2, 0.25) is 0 Å². The first-order chi connectivity index (χ1) is 7.29. The van der Waals surface area contributed by atoms with Crippen LogP contribution >= 0.6 is 11.8 Å². The number of nitrogens with two attached hydrogens (primary N) is 1. The third kappa shape index (κ3) is 6.12. The lowest BCUT2D eigenvalue weighted by molar-refractivity contribution is 0.268. The van der Waals surface area contributed by atoms with Gasteiger partial charge in [-0.15, -0.1) is 0 Å². The summed E-state index contributed by atoms with van der Waals surface area (Å²) in [4.78, 5) is 2.60. The van der Waals surface area contributed by atoms with Crippen LogP contribution in [0.1, 0.15) is 47.0 Å². The molecule has 0 aliphatic carbocycles. The van der Waals surface area contributed by atoms with Crippen LogP contribution in [0.5, 0.6) is 0 Å². The molecule has 1 aliphatic heterocycles. The topological polar surface area (TPSA) is 29.3 Å². The molecule has 1 saturated heterocycles. The van der Waals surface area contributed by atoms with E-state index >= 15 is 0 Å². The molecule has 0 aromatic heterocycles. The van der Waals surface area contributed by atoms with Crippen LogP contribution in [0.4, 0.5) is 0 Å². The summed E-state index contributed by atoms with van der Waals surface area (Å²) in [5.41, 5.74) is 6.00. The van der Waals surface area contributed by atoms with Gasteiger partial charge in [-0.05, 0) is 46.2 Å². The summed E-state index contributed by atoms with van der Waals surface area (Å²) < 4.78 is 0.474. The van der Waals surface area contributed by atoms with Gasteiger partial charge in [0.1, 0.15) is 0 Å². The standard InChI is InChI=1S/C13H28N2S/c1-12(2,14)6-5-8-15-9-7-13(3,4)16-11-10-15/h5-11,14H2,1-4H3. The fourth-order valence-electron chi connectivity index (χ4n) is 2.04. The molecule has 2 N–H and O–H groups in total. The predicted molar refractivity (Wildman–Crippen MR) is 75.1 cm³/mol. The zero-order valence-electron chi connectivity index (χ0n) is 11.4. The Kier molecular flexibility index (Phi) is 5.14. The van der Waals surface area contributed by atoms with Gasteiger partial charge in [0.2, 0.25) is 0 Å². The molecular weight excluding hydrogens is 216 g/mol. The summed E-state index contributed by atoms with van der Waals surface area (Å²) >= 11 is 2.12. The number of hydrogen-bond donors (Lipinski definition) is 1. The van der Waals surface area contributed by atoms with Gasteiger partial charge >= 0.3 is 0 Å². The molecule has 0 aromatic carbocycles. The van der Waals surface area contributed by atoms with E-state index in [9.17, 15) is 0 Å². The summed E-state index contributed by atoms with van der Waals surface area (Å²) in [6.07, 6.45) is 3.66. The molecule has 0 saturated carbocycles. The van der Waals surface area contributed by atoms with E-state index in [-0.39, 0.29) is 5.54 Å². The third-order valence-corrected chi connectivity index (χ3v) is 4.60. The first-order valence-corrected chi connectivity index (χ1v) is 7.42. The molecule has 0 atom stereocenters. The fraction of sp³-hybridized carbons (Fsp3) is 1.00. The Morgan fingerprint density at radius 1 is 1.31 bits per heavy atom. The van der Waals surface area contributed by atoms with Gasteiger partial charge in [0.05, 0.1) is 0 Å². The van der Waals surface area contributed by atoms with Crippen molar-refractivity contribution in [1.82, 2.24) is 4.90 Å². The Balaban J connectivity index is 2.23. The maximum atomic E-state index is 6.00. The van der Waals surface area contributed by atoms with Gasteiger partial charge in [-0.2, -0.15) is 11.8 Å². The molecule has 3 heteroatoms. The maximum Gasteiger partial charge on any atom is 0.0116 e. The van der Waals surface area contributed by atoms with Crippen LogP contribution in [0, 0.1) is 0 Å². The van der Waals surface area contributed by atoms with Gasteiger partial charge in [-0.3, -0.25) is 0 Å². The van der Waals surface area contributed by atoms with Crippen LogP contribution in [0.25, 0.3) is 0 Å². The summed E-state index contributed by atoms with van der Waals surface area (Å²) in [5, 5.41) is 0. The number of rotatable bonds is 4. The Morgan fingerprint density at radius 2 is 2.00 bits per heavy atom. The molecule has 0 aromatic rings. The van der Waals surface area contributed by atoms with Gasteiger partial charge in [0.15, 0.2) is 0 Å². The van der Waals surface area contributed by atoms with Crippen molar-refractivity contribution in [2.75, 3.05) is 25.4 Å². The molecule has 1 heterocycles. The SMILES string of the molecule is CC(C)(N)CCCN1CCSC(C)(C)CC1. The molecule has 0 spiro atoms. The smallest absolute Gasteiger partial charge is 0.0116 e. The summed E-state index contributed by atoms with van der Waals surface area (Å²) in [6, 6.07) is 0. The first kappa shape index (κ1) is 14.3. The normalized spacial score (nSPS) is 23.1. The summed E-state index contributed by atoms with van der Waals surface area (Å²) in [5.74, 6) is 1.28. The van der Waals surface area contributed by atoms with Crippen molar-refractivity contribution in [1.29, 1.82) is 0 Å². The lowest BCUT2D eigenvalue weighted by Crippen LogP contribution is -2.34. The van der Waals surface area contributed by atoms with Crippen LogP contribution < -0.4 is 5.73 Å². The highest BCUT2D eigenvalue weighted by molar-refractivity contribution is 8.00. The highest BCUT2D eigenvalue weighted by atomic mass is 32.2. The maximum absolute atomic E-state index is 6.00. The molecule has 1 rings (SSSR count). The van der Waals surface area contributed by atoms with Crippen molar-refractivity contribution in [2.24, 2.45) is 5.73 Å². The highest BCUT2D eigenvalue weighted by Crippen LogP contribution is 2.30. The molecular formula is C13H28N2S. The van der Waals surface area contributed by atoms with E-state index in [4.69, 9.17) is 5.73 Å². The molecule has 1 fully saturated rings. The first-order valence-electron chi connectivity index (χ1n) is 6.44. The minimum absolute atomic E-state index is 0.000129. The molecule has 1 aliphatic rings. The summed E-state index contributed by atoms with van der Waals surface area (Å²) in [7, 11) is 0. The number of thioether (sulfide) groups is 1. The lowest BCUT2D eigenvalue weighted by atomic mass is 10.00. The van der Waals surface area contributed by atoms with E-state index in [1.807, 2.05) is 0 Å². The Labute approximate surface area is 105 Å². The van der Waals surface area contributed by atoms with E-state index in [0.717, 1.165) is 6.42 Å². The van der Waals surface area contributed by atoms with Crippen LogP contribution in [0.3, 0.4) is 0 Å². The van der Waals surface area contributed by atoms with E-state index in [0.29, 0.717) is 4.75 Å². The minimum Gasteiger partial charge on any atom is -0.326 e. The second-order valence-corrected chi connectivity index (χ2v) is 8.09. The molecule has 0 radical (unpaired) electrons. The van der Waals surface area contributed by atoms with Crippen molar-refractivity contribution in [3.8, 4) is 0 Å². The van der Waals surface area contributed by atoms with Crippen molar-refractivity contribution in [2.45, 2.75) is 57.2 Å². The van der Waals surface area contributed by atoms with E-state index in [1.165, 1.54) is 38.2 Å². The van der Waals surface area contributed by atoms with Crippen molar-refractivity contribution >= 4 is 11.8 Å². The van der Waals surface area contributed by atoms with Gasteiger partial charge in [-0.1, -0.05) is 13.8 Å². The summed E-state index contributed by atoms with van der Waals surface area (Å²) in [6.45, 7) is 12.7. The second kappa shape index (κ2) is 5.74. The van der Waals surface area contributed by atoms with E-state index in [2.05, 4.69) is 44.4 Å². The largest absolute Gasteiger partial charge is 0.326 e. The molecule has 16 heavy (non-hydrogen) atoms. The molecule has 0 unspecified atom stereocenters. The van der Waals surface area contributed by atoms with Crippen molar-refractivity contribution in [3.05, 3.63) is 0 Å². The van der Waals surface area contributed by atoms with Crippen molar-refractivity contribution in [3.63, 3.8) is 0 Å². The fourth-order valence-corrected chi connectivity index (χ4v) is 3.18.